The van der Waals surface area contributed by atoms with E-state index in [0.29, 0.717) is 23.5 Å². The van der Waals surface area contributed by atoms with Gasteiger partial charge in [-0.1, -0.05) is 55.3 Å². The van der Waals surface area contributed by atoms with Crippen molar-refractivity contribution in [3.05, 3.63) is 58.1 Å². The van der Waals surface area contributed by atoms with E-state index < -0.39 is 5.97 Å². The van der Waals surface area contributed by atoms with E-state index in [9.17, 15) is 4.79 Å². The fourth-order valence-electron chi connectivity index (χ4n) is 2.26. The average molecular weight is 319 g/mol. The molecule has 0 fully saturated rings. The Morgan fingerprint density at radius 2 is 1.95 bits per heavy atom. The van der Waals surface area contributed by atoms with Crippen LogP contribution < -0.4 is 0 Å². The van der Waals surface area contributed by atoms with E-state index in [1.54, 1.807) is 0 Å². The molecule has 22 heavy (non-hydrogen) atoms. The smallest absolute Gasteiger partial charge is 0.308 e. The molecule has 2 aromatic rings. The molecule has 116 valence electrons. The van der Waals surface area contributed by atoms with Crippen LogP contribution in [0, 0.1) is 0 Å². The minimum absolute atomic E-state index is 0.158. The number of rotatable bonds is 7. The third-order valence-electron chi connectivity index (χ3n) is 3.38. The van der Waals surface area contributed by atoms with Gasteiger partial charge in [0.1, 0.15) is 11.0 Å². The Kier molecular flexibility index (Phi) is 5.90. The third-order valence-corrected chi connectivity index (χ3v) is 3.70. The standard InChI is InChI=1S/C17H19ClN2O2/c1-2-3-9-15-19-14(10-12-7-5-4-6-8-12)13(11-16(21)22)17(18)20-15/h4-8H,2-3,9-11H2,1H3,(H,21,22). The van der Waals surface area contributed by atoms with Crippen molar-refractivity contribution in [1.82, 2.24) is 9.97 Å². The number of carboxylic acid groups (broad SMARTS) is 1. The van der Waals surface area contributed by atoms with Gasteiger partial charge in [0.25, 0.3) is 0 Å². The van der Waals surface area contributed by atoms with Gasteiger partial charge in [-0.15, -0.1) is 0 Å². The van der Waals surface area contributed by atoms with Gasteiger partial charge in [0.2, 0.25) is 0 Å². The van der Waals surface area contributed by atoms with Gasteiger partial charge in [0.05, 0.1) is 12.1 Å². The number of aryl methyl sites for hydroxylation is 1. The summed E-state index contributed by atoms with van der Waals surface area (Å²) in [5.74, 6) is -0.243. The molecular formula is C17H19ClN2O2. The van der Waals surface area contributed by atoms with Crippen molar-refractivity contribution in [2.45, 2.75) is 39.0 Å². The van der Waals surface area contributed by atoms with Crippen LogP contribution in [0.3, 0.4) is 0 Å². The van der Waals surface area contributed by atoms with Gasteiger partial charge in [-0.25, -0.2) is 9.97 Å². The summed E-state index contributed by atoms with van der Waals surface area (Å²) in [6.07, 6.45) is 3.19. The topological polar surface area (TPSA) is 63.1 Å². The van der Waals surface area contributed by atoms with Gasteiger partial charge in [-0.3, -0.25) is 4.79 Å². The first-order valence-corrected chi connectivity index (χ1v) is 7.77. The third kappa shape index (κ3) is 4.53. The van der Waals surface area contributed by atoms with Crippen LogP contribution in [0.5, 0.6) is 0 Å². The lowest BCUT2D eigenvalue weighted by atomic mass is 10.0. The van der Waals surface area contributed by atoms with E-state index in [4.69, 9.17) is 16.7 Å². The molecule has 0 atom stereocenters. The highest BCUT2D eigenvalue weighted by Gasteiger charge is 2.16. The van der Waals surface area contributed by atoms with Crippen LogP contribution >= 0.6 is 11.6 Å². The van der Waals surface area contributed by atoms with E-state index in [0.717, 1.165) is 24.8 Å². The van der Waals surface area contributed by atoms with Crippen LogP contribution in [0.2, 0.25) is 5.15 Å². The number of carboxylic acids is 1. The number of hydrogen-bond donors (Lipinski definition) is 1. The Morgan fingerprint density at radius 1 is 1.23 bits per heavy atom. The Labute approximate surface area is 135 Å². The molecule has 1 aromatic heterocycles. The molecule has 0 aliphatic heterocycles. The Morgan fingerprint density at radius 3 is 2.59 bits per heavy atom. The molecule has 0 spiro atoms. The van der Waals surface area contributed by atoms with Crippen molar-refractivity contribution in [3.63, 3.8) is 0 Å². The van der Waals surface area contributed by atoms with E-state index >= 15 is 0 Å². The number of hydrogen-bond acceptors (Lipinski definition) is 3. The maximum Gasteiger partial charge on any atom is 0.308 e. The molecule has 0 unspecified atom stereocenters. The minimum atomic E-state index is -0.930. The number of aliphatic carboxylic acids is 1. The molecule has 0 amide bonds. The average Bonchev–Trinajstić information content (AvgIpc) is 2.49. The van der Waals surface area contributed by atoms with Gasteiger partial charge in [0.15, 0.2) is 0 Å². The second-order valence-corrected chi connectivity index (χ2v) is 5.55. The second-order valence-electron chi connectivity index (χ2n) is 5.19. The van der Waals surface area contributed by atoms with Gasteiger partial charge in [-0.05, 0) is 12.0 Å². The van der Waals surface area contributed by atoms with Crippen LogP contribution in [-0.2, 0) is 24.1 Å². The van der Waals surface area contributed by atoms with Crippen molar-refractivity contribution >= 4 is 17.6 Å². The van der Waals surface area contributed by atoms with Gasteiger partial charge >= 0.3 is 5.97 Å². The summed E-state index contributed by atoms with van der Waals surface area (Å²) in [5.41, 5.74) is 2.29. The second kappa shape index (κ2) is 7.90. The molecule has 5 heteroatoms. The molecule has 0 aliphatic carbocycles. The van der Waals surface area contributed by atoms with E-state index in [1.165, 1.54) is 0 Å². The molecule has 0 saturated carbocycles. The molecule has 0 aliphatic rings. The zero-order chi connectivity index (χ0) is 15.9. The summed E-state index contributed by atoms with van der Waals surface area (Å²) in [5, 5.41) is 9.34. The highest BCUT2D eigenvalue weighted by molar-refractivity contribution is 6.30. The van der Waals surface area contributed by atoms with Crippen LogP contribution in [0.4, 0.5) is 0 Å². The van der Waals surface area contributed by atoms with Crippen molar-refractivity contribution in [3.8, 4) is 0 Å². The zero-order valence-corrected chi connectivity index (χ0v) is 13.3. The highest BCUT2D eigenvalue weighted by Crippen LogP contribution is 2.21. The van der Waals surface area contributed by atoms with Crippen LogP contribution in [-0.4, -0.2) is 21.0 Å². The summed E-state index contributed by atoms with van der Waals surface area (Å²) in [7, 11) is 0. The normalized spacial score (nSPS) is 10.6. The molecule has 2 rings (SSSR count). The Balaban J connectivity index is 2.37. The summed E-state index contributed by atoms with van der Waals surface area (Å²) in [6.45, 7) is 2.10. The largest absolute Gasteiger partial charge is 0.481 e. The predicted octanol–water partition coefficient (Wildman–Crippen LogP) is 3.69. The lowest BCUT2D eigenvalue weighted by molar-refractivity contribution is -0.136. The molecule has 1 N–H and O–H groups in total. The van der Waals surface area contributed by atoms with E-state index in [-0.39, 0.29) is 11.6 Å². The van der Waals surface area contributed by atoms with Crippen LogP contribution in [0.15, 0.2) is 30.3 Å². The summed E-state index contributed by atoms with van der Waals surface area (Å²) >= 11 is 6.21. The molecule has 4 nitrogen and oxygen atoms in total. The number of aromatic nitrogens is 2. The molecule has 1 heterocycles. The summed E-state index contributed by atoms with van der Waals surface area (Å²) < 4.78 is 0. The maximum absolute atomic E-state index is 11.1. The van der Waals surface area contributed by atoms with Gasteiger partial charge in [-0.2, -0.15) is 0 Å². The number of unbranched alkanes of at least 4 members (excludes halogenated alkanes) is 1. The van der Waals surface area contributed by atoms with Crippen molar-refractivity contribution < 1.29 is 9.90 Å². The molecule has 0 bridgehead atoms. The predicted molar refractivity (Wildman–Crippen MR) is 86.2 cm³/mol. The first kappa shape index (κ1) is 16.4. The first-order valence-electron chi connectivity index (χ1n) is 7.40. The number of halogens is 1. The lowest BCUT2D eigenvalue weighted by Crippen LogP contribution is -2.11. The van der Waals surface area contributed by atoms with E-state index in [1.807, 2.05) is 30.3 Å². The van der Waals surface area contributed by atoms with Crippen LogP contribution in [0.1, 0.15) is 42.4 Å². The van der Waals surface area contributed by atoms with Crippen molar-refractivity contribution in [1.29, 1.82) is 0 Å². The number of benzene rings is 1. The van der Waals surface area contributed by atoms with E-state index in [2.05, 4.69) is 16.9 Å². The van der Waals surface area contributed by atoms with Gasteiger partial charge in [0, 0.05) is 18.4 Å². The quantitative estimate of drug-likeness (QED) is 0.791. The zero-order valence-electron chi connectivity index (χ0n) is 12.6. The Hall–Kier alpha value is -1.94. The van der Waals surface area contributed by atoms with Crippen molar-refractivity contribution in [2.75, 3.05) is 0 Å². The van der Waals surface area contributed by atoms with Gasteiger partial charge < -0.3 is 5.11 Å². The monoisotopic (exact) mass is 318 g/mol. The SMILES string of the molecule is CCCCc1nc(Cl)c(CC(=O)O)c(Cc2ccccc2)n1. The molecule has 1 aromatic carbocycles. The molecule has 0 radical (unpaired) electrons. The lowest BCUT2D eigenvalue weighted by Gasteiger charge is -2.11. The van der Waals surface area contributed by atoms with Crippen molar-refractivity contribution in [2.24, 2.45) is 0 Å². The minimum Gasteiger partial charge on any atom is -0.481 e. The number of nitrogens with zero attached hydrogens (tertiary/aromatic N) is 2. The molecule has 0 saturated heterocycles. The highest BCUT2D eigenvalue weighted by atomic mass is 35.5. The first-order chi connectivity index (χ1) is 10.6. The summed E-state index contributed by atoms with van der Waals surface area (Å²) in [4.78, 5) is 19.9. The Bertz CT molecular complexity index is 645. The molecular weight excluding hydrogens is 300 g/mol. The number of carbonyl (C=O) groups is 1. The fraction of sp³-hybridized carbons (Fsp3) is 0.353. The summed E-state index contributed by atoms with van der Waals surface area (Å²) in [6, 6.07) is 9.83. The maximum atomic E-state index is 11.1. The van der Waals surface area contributed by atoms with Crippen LogP contribution in [0.25, 0.3) is 0 Å². The fourth-order valence-corrected chi connectivity index (χ4v) is 2.53.